The third-order valence-corrected chi connectivity index (χ3v) is 6.85. The number of hydrogen-bond donors (Lipinski definition) is 2. The number of aromatic nitrogens is 2. The molecule has 0 fully saturated rings. The Bertz CT molecular complexity index is 1020. The average Bonchev–Trinajstić information content (AvgIpc) is 3.07. The van der Waals surface area contributed by atoms with Gasteiger partial charge in [-0.25, -0.2) is 8.42 Å². The first-order valence-electron chi connectivity index (χ1n) is 7.83. The number of carbonyl (C=O) groups is 1. The van der Waals surface area contributed by atoms with E-state index in [4.69, 9.17) is 0 Å². The number of rotatable bonds is 7. The van der Waals surface area contributed by atoms with Crippen molar-refractivity contribution in [2.45, 2.75) is 21.9 Å². The lowest BCUT2D eigenvalue weighted by atomic mass is 10.2. The molecule has 2 N–H and O–H groups in total. The van der Waals surface area contributed by atoms with E-state index in [2.05, 4.69) is 20.2 Å². The van der Waals surface area contributed by atoms with Crippen LogP contribution < -0.4 is 10.0 Å². The zero-order chi connectivity index (χ0) is 19.3. The molecule has 0 unspecified atom stereocenters. The number of carbonyl (C=O) groups excluding carboxylic acids is 1. The number of thioether (sulfide) groups is 1. The molecule has 0 aliphatic carbocycles. The molecule has 0 saturated heterocycles. The smallest absolute Gasteiger partial charge is 0.263 e. The van der Waals surface area contributed by atoms with Gasteiger partial charge in [0.1, 0.15) is 0 Å². The van der Waals surface area contributed by atoms with Gasteiger partial charge in [0.2, 0.25) is 11.0 Å². The van der Waals surface area contributed by atoms with Gasteiger partial charge in [0.05, 0.1) is 4.90 Å². The van der Waals surface area contributed by atoms with Crippen molar-refractivity contribution < 1.29 is 13.2 Å². The summed E-state index contributed by atoms with van der Waals surface area (Å²) in [6, 6.07) is 15.8. The van der Waals surface area contributed by atoms with Gasteiger partial charge in [-0.15, -0.1) is 10.2 Å². The molecular weight excluding hydrogens is 404 g/mol. The second-order valence-electron chi connectivity index (χ2n) is 5.46. The van der Waals surface area contributed by atoms with Crippen molar-refractivity contribution in [3.63, 3.8) is 0 Å². The highest BCUT2D eigenvalue weighted by atomic mass is 32.2. The van der Waals surface area contributed by atoms with E-state index < -0.39 is 10.0 Å². The lowest BCUT2D eigenvalue weighted by Crippen LogP contribution is -2.13. The minimum Gasteiger partial charge on any atom is -0.326 e. The second-order valence-corrected chi connectivity index (χ2v) is 9.34. The second kappa shape index (κ2) is 8.51. The van der Waals surface area contributed by atoms with E-state index in [0.29, 0.717) is 10.0 Å². The normalized spacial score (nSPS) is 11.1. The van der Waals surface area contributed by atoms with Crippen LogP contribution in [0.2, 0.25) is 0 Å². The van der Waals surface area contributed by atoms with Gasteiger partial charge in [0.15, 0.2) is 4.34 Å². The van der Waals surface area contributed by atoms with Crippen LogP contribution in [-0.4, -0.2) is 24.5 Å². The topological polar surface area (TPSA) is 101 Å². The van der Waals surface area contributed by atoms with Crippen LogP contribution in [0.5, 0.6) is 0 Å². The number of benzene rings is 2. The van der Waals surface area contributed by atoms with Crippen LogP contribution in [0.15, 0.2) is 63.8 Å². The Morgan fingerprint density at radius 2 is 1.78 bits per heavy atom. The van der Waals surface area contributed by atoms with Crippen molar-refractivity contribution in [1.29, 1.82) is 0 Å². The lowest BCUT2D eigenvalue weighted by Gasteiger charge is -2.06. The third kappa shape index (κ3) is 5.52. The monoisotopic (exact) mass is 420 g/mol. The highest BCUT2D eigenvalue weighted by Crippen LogP contribution is 2.29. The molecule has 2 aromatic carbocycles. The van der Waals surface area contributed by atoms with Crippen molar-refractivity contribution in [1.82, 2.24) is 10.2 Å². The Morgan fingerprint density at radius 1 is 1.07 bits per heavy atom. The summed E-state index contributed by atoms with van der Waals surface area (Å²) in [7, 11) is -3.78. The molecule has 0 aliphatic rings. The summed E-state index contributed by atoms with van der Waals surface area (Å²) >= 11 is 2.67. The van der Waals surface area contributed by atoms with Crippen LogP contribution in [0, 0.1) is 0 Å². The van der Waals surface area contributed by atoms with Crippen molar-refractivity contribution >= 4 is 49.8 Å². The number of anilines is 2. The largest absolute Gasteiger partial charge is 0.326 e. The SMILES string of the molecule is CC(=O)Nc1ccc(S(=O)(=O)Nc2nnc(SCc3ccccc3)s2)cc1. The highest BCUT2D eigenvalue weighted by Gasteiger charge is 2.17. The number of amides is 1. The molecule has 1 heterocycles. The minimum atomic E-state index is -3.78. The molecule has 0 bridgehead atoms. The number of nitrogens with one attached hydrogen (secondary N) is 2. The van der Waals surface area contributed by atoms with E-state index in [-0.39, 0.29) is 15.9 Å². The van der Waals surface area contributed by atoms with Gasteiger partial charge in [0, 0.05) is 18.4 Å². The molecule has 0 saturated carbocycles. The summed E-state index contributed by atoms with van der Waals surface area (Å²) in [5.41, 5.74) is 1.68. The maximum atomic E-state index is 12.5. The summed E-state index contributed by atoms with van der Waals surface area (Å²) < 4.78 is 28.0. The summed E-state index contributed by atoms with van der Waals surface area (Å²) in [6.07, 6.45) is 0. The molecule has 0 spiro atoms. The summed E-state index contributed by atoms with van der Waals surface area (Å²) in [5, 5.41) is 10.7. The molecule has 7 nitrogen and oxygen atoms in total. The summed E-state index contributed by atoms with van der Waals surface area (Å²) in [4.78, 5) is 11.1. The summed E-state index contributed by atoms with van der Waals surface area (Å²) in [5.74, 6) is 0.505. The average molecular weight is 421 g/mol. The molecule has 140 valence electrons. The van der Waals surface area contributed by atoms with E-state index in [9.17, 15) is 13.2 Å². The zero-order valence-electron chi connectivity index (χ0n) is 14.2. The van der Waals surface area contributed by atoms with Gasteiger partial charge >= 0.3 is 0 Å². The number of hydrogen-bond acceptors (Lipinski definition) is 7. The molecule has 0 aliphatic heterocycles. The van der Waals surface area contributed by atoms with Gasteiger partial charge in [0.25, 0.3) is 10.0 Å². The van der Waals surface area contributed by atoms with Gasteiger partial charge in [-0.2, -0.15) is 0 Å². The Hall–Kier alpha value is -2.43. The first-order chi connectivity index (χ1) is 12.9. The molecule has 3 aromatic rings. The molecule has 0 radical (unpaired) electrons. The molecular formula is C17H16N4O3S3. The van der Waals surface area contributed by atoms with E-state index in [1.165, 1.54) is 54.3 Å². The Labute approximate surface area is 165 Å². The van der Waals surface area contributed by atoms with Crippen molar-refractivity contribution in [2.24, 2.45) is 0 Å². The molecule has 1 amide bonds. The van der Waals surface area contributed by atoms with E-state index in [1.807, 2.05) is 30.3 Å². The van der Waals surface area contributed by atoms with Gasteiger partial charge in [-0.3, -0.25) is 9.52 Å². The molecule has 3 rings (SSSR count). The van der Waals surface area contributed by atoms with Crippen LogP contribution in [0.1, 0.15) is 12.5 Å². The fraction of sp³-hybridized carbons (Fsp3) is 0.118. The predicted octanol–water partition coefficient (Wildman–Crippen LogP) is 3.59. The zero-order valence-corrected chi connectivity index (χ0v) is 16.7. The Kier molecular flexibility index (Phi) is 6.09. The van der Waals surface area contributed by atoms with Crippen molar-refractivity contribution in [3.05, 3.63) is 60.2 Å². The number of nitrogens with zero attached hydrogens (tertiary/aromatic N) is 2. The van der Waals surface area contributed by atoms with Crippen LogP contribution in [0.25, 0.3) is 0 Å². The fourth-order valence-electron chi connectivity index (χ4n) is 2.12. The summed E-state index contributed by atoms with van der Waals surface area (Å²) in [6.45, 7) is 1.38. The van der Waals surface area contributed by atoms with E-state index in [1.54, 1.807) is 0 Å². The fourth-order valence-corrected chi connectivity index (χ4v) is 5.06. The minimum absolute atomic E-state index is 0.0743. The van der Waals surface area contributed by atoms with Crippen molar-refractivity contribution in [2.75, 3.05) is 10.0 Å². The predicted molar refractivity (Wildman–Crippen MR) is 107 cm³/mol. The third-order valence-electron chi connectivity index (χ3n) is 3.32. The van der Waals surface area contributed by atoms with Gasteiger partial charge in [-0.05, 0) is 29.8 Å². The first kappa shape index (κ1) is 19.3. The maximum Gasteiger partial charge on any atom is 0.263 e. The highest BCUT2D eigenvalue weighted by molar-refractivity contribution is 8.00. The molecule has 1 aromatic heterocycles. The van der Waals surface area contributed by atoms with E-state index in [0.717, 1.165) is 11.3 Å². The standard InChI is InChI=1S/C17H16N4O3S3/c1-12(22)18-14-7-9-15(10-8-14)27(23,24)21-16-19-20-17(26-16)25-11-13-5-3-2-4-6-13/h2-10H,11H2,1H3,(H,18,22)(H,19,21). The lowest BCUT2D eigenvalue weighted by molar-refractivity contribution is -0.114. The first-order valence-corrected chi connectivity index (χ1v) is 11.1. The van der Waals surface area contributed by atoms with Gasteiger partial charge < -0.3 is 5.32 Å². The van der Waals surface area contributed by atoms with E-state index >= 15 is 0 Å². The van der Waals surface area contributed by atoms with Crippen LogP contribution in [0.3, 0.4) is 0 Å². The quantitative estimate of drug-likeness (QED) is 0.567. The Balaban J connectivity index is 1.64. The number of sulfonamides is 1. The molecule has 10 heteroatoms. The van der Waals surface area contributed by atoms with Crippen molar-refractivity contribution in [3.8, 4) is 0 Å². The van der Waals surface area contributed by atoms with Crippen LogP contribution in [0.4, 0.5) is 10.8 Å². The molecule has 27 heavy (non-hydrogen) atoms. The maximum absolute atomic E-state index is 12.5. The van der Waals surface area contributed by atoms with Crippen LogP contribution >= 0.6 is 23.1 Å². The molecule has 0 atom stereocenters. The van der Waals surface area contributed by atoms with Crippen LogP contribution in [-0.2, 0) is 20.6 Å². The Morgan fingerprint density at radius 3 is 2.44 bits per heavy atom. The van der Waals surface area contributed by atoms with Gasteiger partial charge in [-0.1, -0.05) is 53.4 Å².